The van der Waals surface area contributed by atoms with Crippen molar-refractivity contribution in [1.29, 1.82) is 0 Å². The molecule has 8 nitrogen and oxygen atoms in total. The molecule has 0 aromatic carbocycles. The highest BCUT2D eigenvalue weighted by atomic mass is 16.4. The molecule has 26 heavy (non-hydrogen) atoms. The number of amides is 2. The van der Waals surface area contributed by atoms with Gasteiger partial charge in [-0.15, -0.1) is 0 Å². The van der Waals surface area contributed by atoms with Gasteiger partial charge >= 0.3 is 11.9 Å². The van der Waals surface area contributed by atoms with Crippen LogP contribution >= 0.6 is 0 Å². The molecule has 0 bridgehead atoms. The average molecular weight is 368 g/mol. The highest BCUT2D eigenvalue weighted by Crippen LogP contribution is 2.08. The van der Waals surface area contributed by atoms with E-state index in [2.05, 4.69) is 10.6 Å². The van der Waals surface area contributed by atoms with Gasteiger partial charge in [0.15, 0.2) is 0 Å². The Morgan fingerprint density at radius 1 is 0.538 bits per heavy atom. The third kappa shape index (κ3) is 17.7. The van der Waals surface area contributed by atoms with Crippen LogP contribution in [0.2, 0.25) is 0 Å². The molecule has 0 aromatic heterocycles. The number of rotatable bonds is 15. The standard InChI is InChI=1S/C18H28N2O6/c21-15(9-11-17(23)24)19-13-7-5-3-1-2-4-6-8-14-20-16(22)10-12-18(25)26/h9-12H,1-8,13-14H2,(H,19,21)(H,20,22)(H,23,24)(H,25,26)/b11-9-,12-10+. The molecule has 0 aliphatic rings. The van der Waals surface area contributed by atoms with Crippen LogP contribution in [0.25, 0.3) is 0 Å². The lowest BCUT2D eigenvalue weighted by molar-refractivity contribution is -0.132. The summed E-state index contributed by atoms with van der Waals surface area (Å²) in [6.07, 6.45) is 11.8. The van der Waals surface area contributed by atoms with Crippen LogP contribution in [0.5, 0.6) is 0 Å². The van der Waals surface area contributed by atoms with Crippen molar-refractivity contribution in [3.8, 4) is 0 Å². The smallest absolute Gasteiger partial charge is 0.328 e. The van der Waals surface area contributed by atoms with E-state index in [4.69, 9.17) is 10.2 Å². The molecule has 0 spiro atoms. The van der Waals surface area contributed by atoms with Gasteiger partial charge in [0.2, 0.25) is 11.8 Å². The van der Waals surface area contributed by atoms with Crippen LogP contribution in [-0.2, 0) is 19.2 Å². The normalized spacial score (nSPS) is 10.9. The molecule has 0 fully saturated rings. The van der Waals surface area contributed by atoms with Gasteiger partial charge in [-0.3, -0.25) is 9.59 Å². The molecule has 0 atom stereocenters. The largest absolute Gasteiger partial charge is 0.478 e. The molecule has 0 aromatic rings. The van der Waals surface area contributed by atoms with Crippen LogP contribution in [0.1, 0.15) is 51.4 Å². The Morgan fingerprint density at radius 3 is 1.15 bits per heavy atom. The van der Waals surface area contributed by atoms with Crippen LogP contribution in [0.4, 0.5) is 0 Å². The van der Waals surface area contributed by atoms with Crippen LogP contribution in [0.15, 0.2) is 24.3 Å². The van der Waals surface area contributed by atoms with Crippen molar-refractivity contribution in [1.82, 2.24) is 10.6 Å². The summed E-state index contributed by atoms with van der Waals surface area (Å²) < 4.78 is 0. The molecule has 0 radical (unpaired) electrons. The molecule has 0 saturated carbocycles. The zero-order valence-corrected chi connectivity index (χ0v) is 14.9. The minimum atomic E-state index is -1.14. The Balaban J connectivity index is 3.34. The van der Waals surface area contributed by atoms with E-state index < -0.39 is 23.8 Å². The number of carbonyl (C=O) groups is 4. The first-order valence-electron chi connectivity index (χ1n) is 8.79. The predicted molar refractivity (Wildman–Crippen MR) is 96.5 cm³/mol. The van der Waals surface area contributed by atoms with Gasteiger partial charge in [0, 0.05) is 37.4 Å². The Morgan fingerprint density at radius 2 is 0.846 bits per heavy atom. The van der Waals surface area contributed by atoms with E-state index >= 15 is 0 Å². The Labute approximate surface area is 153 Å². The lowest BCUT2D eigenvalue weighted by Gasteiger charge is -2.04. The zero-order chi connectivity index (χ0) is 19.6. The summed E-state index contributed by atoms with van der Waals surface area (Å²) in [6.45, 7) is 1.08. The van der Waals surface area contributed by atoms with E-state index in [0.29, 0.717) is 13.1 Å². The van der Waals surface area contributed by atoms with E-state index in [9.17, 15) is 19.2 Å². The van der Waals surface area contributed by atoms with Gasteiger partial charge in [-0.1, -0.05) is 38.5 Å². The van der Waals surface area contributed by atoms with E-state index in [1.807, 2.05) is 0 Å². The summed E-state index contributed by atoms with van der Waals surface area (Å²) in [6, 6.07) is 0. The second kappa shape index (κ2) is 15.9. The van der Waals surface area contributed by atoms with Gasteiger partial charge in [-0.05, 0) is 12.8 Å². The SMILES string of the molecule is O=C(O)/C=C\C(=O)NCCCCCCCCCCNC(=O)/C=C/C(=O)O. The van der Waals surface area contributed by atoms with Gasteiger partial charge in [-0.2, -0.15) is 0 Å². The Kier molecular flexibility index (Phi) is 14.3. The van der Waals surface area contributed by atoms with E-state index in [1.165, 1.54) is 0 Å². The molecule has 0 aliphatic heterocycles. The molecule has 0 rings (SSSR count). The number of aliphatic carboxylic acids is 2. The van der Waals surface area contributed by atoms with Crippen LogP contribution in [0.3, 0.4) is 0 Å². The third-order valence-electron chi connectivity index (χ3n) is 3.46. The van der Waals surface area contributed by atoms with Gasteiger partial charge in [0.1, 0.15) is 0 Å². The minimum Gasteiger partial charge on any atom is -0.478 e. The Hall–Kier alpha value is -2.64. The molecule has 146 valence electrons. The summed E-state index contributed by atoms with van der Waals surface area (Å²) in [5.41, 5.74) is 0. The van der Waals surface area contributed by atoms with Crippen molar-refractivity contribution in [2.75, 3.05) is 13.1 Å². The van der Waals surface area contributed by atoms with Gasteiger partial charge in [-0.25, -0.2) is 9.59 Å². The van der Waals surface area contributed by atoms with E-state index in [0.717, 1.165) is 75.7 Å². The number of hydrogen-bond donors (Lipinski definition) is 4. The van der Waals surface area contributed by atoms with E-state index in [-0.39, 0.29) is 0 Å². The summed E-state index contributed by atoms with van der Waals surface area (Å²) in [5, 5.41) is 22.0. The first-order valence-corrected chi connectivity index (χ1v) is 8.79. The average Bonchev–Trinajstić information content (AvgIpc) is 2.59. The summed E-state index contributed by atoms with van der Waals surface area (Å²) >= 11 is 0. The summed E-state index contributed by atoms with van der Waals surface area (Å²) in [5.74, 6) is -3.06. The van der Waals surface area contributed by atoms with Gasteiger partial charge in [0.05, 0.1) is 0 Å². The van der Waals surface area contributed by atoms with Crippen molar-refractivity contribution < 1.29 is 29.4 Å². The molecular formula is C18H28N2O6. The number of nitrogens with one attached hydrogen (secondary N) is 2. The van der Waals surface area contributed by atoms with Crippen LogP contribution < -0.4 is 10.6 Å². The summed E-state index contributed by atoms with van der Waals surface area (Å²) in [4.78, 5) is 42.9. The maximum absolute atomic E-state index is 11.2. The maximum atomic E-state index is 11.2. The van der Waals surface area contributed by atoms with Gasteiger partial charge in [0.25, 0.3) is 0 Å². The molecule has 8 heteroatoms. The lowest BCUT2D eigenvalue weighted by atomic mass is 10.1. The van der Waals surface area contributed by atoms with Crippen molar-refractivity contribution >= 4 is 23.8 Å². The van der Waals surface area contributed by atoms with Crippen molar-refractivity contribution in [2.24, 2.45) is 0 Å². The number of carbonyl (C=O) groups excluding carboxylic acids is 2. The molecule has 0 aliphatic carbocycles. The molecule has 0 unspecified atom stereocenters. The lowest BCUT2D eigenvalue weighted by Crippen LogP contribution is -2.22. The monoisotopic (exact) mass is 368 g/mol. The fourth-order valence-electron chi connectivity index (χ4n) is 2.15. The minimum absolute atomic E-state index is 0.391. The first-order chi connectivity index (χ1) is 12.4. The molecule has 2 amide bonds. The quantitative estimate of drug-likeness (QED) is 0.256. The van der Waals surface area contributed by atoms with Crippen molar-refractivity contribution in [3.63, 3.8) is 0 Å². The van der Waals surface area contributed by atoms with Crippen LogP contribution in [0, 0.1) is 0 Å². The third-order valence-corrected chi connectivity index (χ3v) is 3.46. The van der Waals surface area contributed by atoms with Crippen LogP contribution in [-0.4, -0.2) is 47.1 Å². The molecule has 0 saturated heterocycles. The fourth-order valence-corrected chi connectivity index (χ4v) is 2.15. The number of carboxylic acids is 2. The topological polar surface area (TPSA) is 133 Å². The number of carboxylic acid groups (broad SMARTS) is 2. The van der Waals surface area contributed by atoms with E-state index in [1.54, 1.807) is 0 Å². The first kappa shape index (κ1) is 23.4. The van der Waals surface area contributed by atoms with Gasteiger partial charge < -0.3 is 20.8 Å². The van der Waals surface area contributed by atoms with Crippen molar-refractivity contribution in [2.45, 2.75) is 51.4 Å². The highest BCUT2D eigenvalue weighted by Gasteiger charge is 1.98. The number of hydrogen-bond acceptors (Lipinski definition) is 4. The second-order valence-corrected chi connectivity index (χ2v) is 5.75. The highest BCUT2D eigenvalue weighted by molar-refractivity contribution is 5.94. The molecule has 4 N–H and O–H groups in total. The maximum Gasteiger partial charge on any atom is 0.328 e. The molecular weight excluding hydrogens is 340 g/mol. The molecule has 0 heterocycles. The second-order valence-electron chi connectivity index (χ2n) is 5.75. The summed E-state index contributed by atoms with van der Waals surface area (Å²) in [7, 11) is 0. The fraction of sp³-hybridized carbons (Fsp3) is 0.556. The number of unbranched alkanes of at least 4 members (excludes halogenated alkanes) is 7. The Bertz CT molecular complexity index is 468. The van der Waals surface area contributed by atoms with Crippen molar-refractivity contribution in [3.05, 3.63) is 24.3 Å². The predicted octanol–water partition coefficient (Wildman–Crippen LogP) is 1.62. The zero-order valence-electron chi connectivity index (χ0n) is 14.9.